The number of amides is 2. The van der Waals surface area contributed by atoms with Crippen molar-refractivity contribution in [2.75, 3.05) is 45.1 Å². The number of hydrogen-bond donors (Lipinski definition) is 2. The molecule has 188 valence electrons. The first-order valence-electron chi connectivity index (χ1n) is 11.2. The molecule has 9 nitrogen and oxygen atoms in total. The molecule has 0 saturated carbocycles. The lowest BCUT2D eigenvalue weighted by Crippen LogP contribution is -2.37. The van der Waals surface area contributed by atoms with Crippen molar-refractivity contribution in [3.05, 3.63) is 83.9 Å². The maximum absolute atomic E-state index is 13.0. The number of hydrogen-bond acceptors (Lipinski definition) is 7. The molecule has 0 heterocycles. The molecule has 0 aliphatic heterocycles. The van der Waals surface area contributed by atoms with Gasteiger partial charge in [-0.25, -0.2) is 0 Å². The van der Waals surface area contributed by atoms with E-state index in [1.807, 2.05) is 18.2 Å². The van der Waals surface area contributed by atoms with Gasteiger partial charge in [0.25, 0.3) is 5.91 Å². The molecule has 9 heteroatoms. The Morgan fingerprint density at radius 3 is 2.06 bits per heavy atom. The van der Waals surface area contributed by atoms with Crippen LogP contribution >= 0.6 is 0 Å². The monoisotopic (exact) mass is 491 g/mol. The summed E-state index contributed by atoms with van der Waals surface area (Å²) < 4.78 is 15.4. The molecule has 3 aromatic rings. The molecule has 36 heavy (non-hydrogen) atoms. The number of carbonyl (C=O) groups excluding carboxylic acids is 3. The van der Waals surface area contributed by atoms with Crippen LogP contribution in [-0.2, 0) is 20.9 Å². The Morgan fingerprint density at radius 1 is 0.778 bits per heavy atom. The zero-order chi connectivity index (χ0) is 25.9. The van der Waals surface area contributed by atoms with Crippen molar-refractivity contribution in [2.24, 2.45) is 0 Å². The molecule has 0 saturated heterocycles. The van der Waals surface area contributed by atoms with Gasteiger partial charge >= 0.3 is 5.97 Å². The summed E-state index contributed by atoms with van der Waals surface area (Å²) in [6, 6.07) is 21.1. The molecule has 0 bridgehead atoms. The van der Waals surface area contributed by atoms with Crippen LogP contribution in [0.2, 0.25) is 0 Å². The van der Waals surface area contributed by atoms with Crippen LogP contribution in [0.15, 0.2) is 72.8 Å². The first kappa shape index (κ1) is 26.2. The first-order valence-corrected chi connectivity index (χ1v) is 11.2. The summed E-state index contributed by atoms with van der Waals surface area (Å²) in [7, 11) is 4.38. The number of benzene rings is 3. The fourth-order valence-electron chi connectivity index (χ4n) is 3.53. The van der Waals surface area contributed by atoms with Crippen LogP contribution in [0.25, 0.3) is 0 Å². The minimum atomic E-state index is -0.486. The van der Waals surface area contributed by atoms with Crippen molar-refractivity contribution in [3.63, 3.8) is 0 Å². The van der Waals surface area contributed by atoms with Crippen molar-refractivity contribution >= 4 is 29.2 Å². The normalized spacial score (nSPS) is 10.4. The van der Waals surface area contributed by atoms with E-state index in [0.717, 1.165) is 5.56 Å². The van der Waals surface area contributed by atoms with Gasteiger partial charge in [-0.15, -0.1) is 0 Å². The third-order valence-electron chi connectivity index (χ3n) is 5.24. The highest BCUT2D eigenvalue weighted by atomic mass is 16.5. The van der Waals surface area contributed by atoms with Crippen molar-refractivity contribution in [1.29, 1.82) is 0 Å². The van der Waals surface area contributed by atoms with Gasteiger partial charge in [-0.2, -0.15) is 0 Å². The Balaban J connectivity index is 1.74. The number of anilines is 2. The van der Waals surface area contributed by atoms with Gasteiger partial charge in [0.15, 0.2) is 0 Å². The number of rotatable bonds is 11. The molecule has 2 amide bonds. The second-order valence-electron chi connectivity index (χ2n) is 7.86. The Bertz CT molecular complexity index is 1180. The van der Waals surface area contributed by atoms with E-state index in [1.165, 1.54) is 7.11 Å². The highest BCUT2D eigenvalue weighted by Crippen LogP contribution is 2.24. The predicted octanol–water partition coefficient (Wildman–Crippen LogP) is 3.57. The minimum absolute atomic E-state index is 0.112. The number of nitrogens with zero attached hydrogens (tertiary/aromatic N) is 1. The summed E-state index contributed by atoms with van der Waals surface area (Å²) in [5.74, 6) is -0.0589. The molecule has 0 aliphatic carbocycles. The fraction of sp³-hybridized carbons (Fsp3) is 0.222. The maximum atomic E-state index is 13.0. The van der Waals surface area contributed by atoms with Crippen molar-refractivity contribution in [3.8, 4) is 11.5 Å². The van der Waals surface area contributed by atoms with E-state index in [0.29, 0.717) is 28.4 Å². The maximum Gasteiger partial charge on any atom is 0.319 e. The van der Waals surface area contributed by atoms with Gasteiger partial charge in [0.1, 0.15) is 11.5 Å². The molecular formula is C27H29N3O6. The molecule has 3 aromatic carbocycles. The highest BCUT2D eigenvalue weighted by Gasteiger charge is 2.19. The van der Waals surface area contributed by atoms with Gasteiger partial charge in [-0.3, -0.25) is 19.3 Å². The summed E-state index contributed by atoms with van der Waals surface area (Å²) >= 11 is 0. The van der Waals surface area contributed by atoms with E-state index in [-0.39, 0.29) is 25.5 Å². The van der Waals surface area contributed by atoms with Gasteiger partial charge in [-0.1, -0.05) is 30.3 Å². The summed E-state index contributed by atoms with van der Waals surface area (Å²) in [5.41, 5.74) is 2.09. The molecule has 0 fully saturated rings. The molecular weight excluding hydrogens is 462 g/mol. The van der Waals surface area contributed by atoms with E-state index in [4.69, 9.17) is 14.2 Å². The van der Waals surface area contributed by atoms with E-state index in [2.05, 4.69) is 10.6 Å². The van der Waals surface area contributed by atoms with Crippen LogP contribution in [0.5, 0.6) is 11.5 Å². The van der Waals surface area contributed by atoms with Gasteiger partial charge in [0.05, 0.1) is 45.7 Å². The van der Waals surface area contributed by atoms with Crippen LogP contribution in [0.1, 0.15) is 15.9 Å². The van der Waals surface area contributed by atoms with Crippen LogP contribution < -0.4 is 20.1 Å². The third kappa shape index (κ3) is 7.57. The summed E-state index contributed by atoms with van der Waals surface area (Å²) in [6.07, 6.45) is 0. The van der Waals surface area contributed by atoms with E-state index < -0.39 is 11.9 Å². The first-order chi connectivity index (χ1) is 17.4. The SMILES string of the molecule is COC(=O)CN(CC(=O)Nc1ccccc1C(=O)Nc1ccccc1)Cc1cc(OC)cc(OC)c1. The van der Waals surface area contributed by atoms with Gasteiger partial charge in [0.2, 0.25) is 5.91 Å². The van der Waals surface area contributed by atoms with Gasteiger partial charge in [0, 0.05) is 18.3 Å². The molecule has 2 N–H and O–H groups in total. The molecule has 0 atom stereocenters. The van der Waals surface area contributed by atoms with Crippen LogP contribution in [0, 0.1) is 0 Å². The van der Waals surface area contributed by atoms with E-state index >= 15 is 0 Å². The number of methoxy groups -OCH3 is 3. The average Bonchev–Trinajstić information content (AvgIpc) is 2.89. The molecule has 0 unspecified atom stereocenters. The zero-order valence-corrected chi connectivity index (χ0v) is 20.4. The summed E-state index contributed by atoms with van der Waals surface area (Å²) in [6.45, 7) is 0.0229. The highest BCUT2D eigenvalue weighted by molar-refractivity contribution is 6.10. The minimum Gasteiger partial charge on any atom is -0.497 e. The lowest BCUT2D eigenvalue weighted by molar-refractivity contribution is -0.142. The number of ether oxygens (including phenoxy) is 3. The second-order valence-corrected chi connectivity index (χ2v) is 7.86. The standard InChI is InChI=1S/C27H29N3O6/c1-34-21-13-19(14-22(15-21)35-2)16-30(18-26(32)36-3)17-25(31)29-24-12-8-7-11-23(24)27(33)28-20-9-5-4-6-10-20/h4-15H,16-18H2,1-3H3,(H,28,33)(H,29,31). The Kier molecular flexibility index (Phi) is 9.41. The van der Waals surface area contributed by atoms with E-state index in [1.54, 1.807) is 73.7 Å². The Hall–Kier alpha value is -4.37. The molecule has 0 aliphatic rings. The molecule has 0 aromatic heterocycles. The number of esters is 1. The topological polar surface area (TPSA) is 106 Å². The van der Waals surface area contributed by atoms with Crippen LogP contribution in [0.4, 0.5) is 11.4 Å². The predicted molar refractivity (Wildman–Crippen MR) is 136 cm³/mol. The number of nitrogens with one attached hydrogen (secondary N) is 2. The smallest absolute Gasteiger partial charge is 0.319 e. The second kappa shape index (κ2) is 12.9. The largest absolute Gasteiger partial charge is 0.497 e. The quantitative estimate of drug-likeness (QED) is 0.395. The summed E-state index contributed by atoms with van der Waals surface area (Å²) in [4.78, 5) is 39.4. The van der Waals surface area contributed by atoms with Crippen LogP contribution in [-0.4, -0.2) is 57.1 Å². The molecule has 0 radical (unpaired) electrons. The van der Waals surface area contributed by atoms with E-state index in [9.17, 15) is 14.4 Å². The van der Waals surface area contributed by atoms with Crippen molar-refractivity contribution in [2.45, 2.75) is 6.54 Å². The number of carbonyl (C=O) groups is 3. The lowest BCUT2D eigenvalue weighted by atomic mass is 10.1. The summed E-state index contributed by atoms with van der Waals surface area (Å²) in [5, 5.41) is 5.60. The Morgan fingerprint density at radius 2 is 1.42 bits per heavy atom. The zero-order valence-electron chi connectivity index (χ0n) is 20.4. The van der Waals surface area contributed by atoms with Gasteiger partial charge < -0.3 is 24.8 Å². The lowest BCUT2D eigenvalue weighted by Gasteiger charge is -2.21. The van der Waals surface area contributed by atoms with Gasteiger partial charge in [-0.05, 0) is 42.0 Å². The number of para-hydroxylation sites is 2. The fourth-order valence-corrected chi connectivity index (χ4v) is 3.53. The third-order valence-corrected chi connectivity index (χ3v) is 5.24. The molecule has 3 rings (SSSR count). The Labute approximate surface area is 210 Å². The van der Waals surface area contributed by atoms with Crippen molar-refractivity contribution in [1.82, 2.24) is 4.90 Å². The van der Waals surface area contributed by atoms with Crippen LogP contribution in [0.3, 0.4) is 0 Å². The molecule has 0 spiro atoms. The van der Waals surface area contributed by atoms with Crippen molar-refractivity contribution < 1.29 is 28.6 Å². The average molecular weight is 492 g/mol.